The summed E-state index contributed by atoms with van der Waals surface area (Å²) in [5, 5.41) is 0. The molecule has 4 nitrogen and oxygen atoms in total. The van der Waals surface area contributed by atoms with E-state index in [4.69, 9.17) is 9.47 Å². The molecule has 0 aromatic carbocycles. The third-order valence-electron chi connectivity index (χ3n) is 3.83. The maximum Gasteiger partial charge on any atom is 0.135 e. The average molecular weight is 328 g/mol. The highest BCUT2D eigenvalue weighted by atomic mass is 16.5. The zero-order valence-corrected chi connectivity index (χ0v) is 15.6. The van der Waals surface area contributed by atoms with Crippen LogP contribution in [0.5, 0.6) is 0 Å². The molecule has 4 heteroatoms. The van der Waals surface area contributed by atoms with Crippen molar-refractivity contribution in [1.82, 2.24) is 0 Å². The highest BCUT2D eigenvalue weighted by molar-refractivity contribution is 5.80. The van der Waals surface area contributed by atoms with Crippen molar-refractivity contribution in [3.8, 4) is 0 Å². The predicted molar refractivity (Wildman–Crippen MR) is 93.6 cm³/mol. The van der Waals surface area contributed by atoms with Gasteiger partial charge in [-0.3, -0.25) is 9.59 Å². The summed E-state index contributed by atoms with van der Waals surface area (Å²) < 4.78 is 10.9. The molecule has 0 aliphatic heterocycles. The lowest BCUT2D eigenvalue weighted by Crippen LogP contribution is -2.10. The number of unbranched alkanes of at least 4 members (excludes halogenated alkanes) is 3. The average Bonchev–Trinajstić information content (AvgIpc) is 2.50. The summed E-state index contributed by atoms with van der Waals surface area (Å²) in [5.74, 6) is 0.970. The summed E-state index contributed by atoms with van der Waals surface area (Å²) in [6.07, 6.45) is 6.37. The van der Waals surface area contributed by atoms with Crippen LogP contribution in [0.2, 0.25) is 0 Å². The molecule has 23 heavy (non-hydrogen) atoms. The number of hydrogen-bond acceptors (Lipinski definition) is 4. The smallest absolute Gasteiger partial charge is 0.135 e. The quantitative estimate of drug-likeness (QED) is 0.398. The van der Waals surface area contributed by atoms with Crippen LogP contribution < -0.4 is 0 Å². The van der Waals surface area contributed by atoms with Gasteiger partial charge in [0.15, 0.2) is 0 Å². The first-order chi connectivity index (χ1) is 10.9. The highest BCUT2D eigenvalue weighted by Crippen LogP contribution is 2.07. The molecular formula is C19H36O4. The zero-order valence-electron chi connectivity index (χ0n) is 15.6. The third-order valence-corrected chi connectivity index (χ3v) is 3.83. The van der Waals surface area contributed by atoms with E-state index in [0.717, 1.165) is 38.7 Å². The lowest BCUT2D eigenvalue weighted by molar-refractivity contribution is -0.122. The molecule has 0 amide bonds. The maximum absolute atomic E-state index is 11.4. The number of hydrogen-bond donors (Lipinski definition) is 0. The Labute approximate surface area is 142 Å². The summed E-state index contributed by atoms with van der Waals surface area (Å²) in [6.45, 7) is 10.4. The normalized spacial score (nSPS) is 11.4. The van der Waals surface area contributed by atoms with Crippen molar-refractivity contribution in [2.45, 2.75) is 72.6 Å². The van der Waals surface area contributed by atoms with Crippen molar-refractivity contribution >= 4 is 11.6 Å². The van der Waals surface area contributed by atoms with Crippen molar-refractivity contribution in [2.75, 3.05) is 26.4 Å². The van der Waals surface area contributed by atoms with Crippen molar-refractivity contribution in [3.05, 3.63) is 0 Å². The molecule has 0 rings (SSSR count). The van der Waals surface area contributed by atoms with Crippen LogP contribution >= 0.6 is 0 Å². The molecule has 136 valence electrons. The fraction of sp³-hybridized carbons (Fsp3) is 0.895. The van der Waals surface area contributed by atoms with E-state index in [1.54, 1.807) is 0 Å². The molecule has 0 heterocycles. The third kappa shape index (κ3) is 14.6. The van der Waals surface area contributed by atoms with E-state index >= 15 is 0 Å². The first-order valence-corrected chi connectivity index (χ1v) is 9.16. The first-order valence-electron chi connectivity index (χ1n) is 9.16. The molecule has 0 spiro atoms. The molecule has 0 N–H and O–H groups in total. The molecule has 0 radical (unpaired) electrons. The molecule has 0 bridgehead atoms. The standard InChI is InChI=1S/C19H36O4/c1-16(2)18(20)10-7-5-6-8-12-22-14-15-23-13-9-11-19(21)17(3)4/h16-17H,5-15H2,1-4H3. The van der Waals surface area contributed by atoms with Gasteiger partial charge < -0.3 is 9.47 Å². The van der Waals surface area contributed by atoms with Crippen LogP contribution in [0, 0.1) is 11.8 Å². The van der Waals surface area contributed by atoms with Gasteiger partial charge in [-0.2, -0.15) is 0 Å². The topological polar surface area (TPSA) is 52.6 Å². The number of carbonyl (C=O) groups excluding carboxylic acids is 2. The minimum atomic E-state index is 0.127. The van der Waals surface area contributed by atoms with Crippen molar-refractivity contribution < 1.29 is 19.1 Å². The van der Waals surface area contributed by atoms with Gasteiger partial charge in [-0.25, -0.2) is 0 Å². The second-order valence-corrected chi connectivity index (χ2v) is 6.73. The van der Waals surface area contributed by atoms with Gasteiger partial charge in [0.25, 0.3) is 0 Å². The molecule has 0 aliphatic carbocycles. The molecule has 0 aliphatic rings. The van der Waals surface area contributed by atoms with E-state index < -0.39 is 0 Å². The number of ketones is 2. The van der Waals surface area contributed by atoms with E-state index in [-0.39, 0.29) is 11.8 Å². The van der Waals surface area contributed by atoms with Crippen LogP contribution in [-0.2, 0) is 19.1 Å². The van der Waals surface area contributed by atoms with Crippen molar-refractivity contribution in [1.29, 1.82) is 0 Å². The zero-order chi connectivity index (χ0) is 17.5. The van der Waals surface area contributed by atoms with E-state index in [0.29, 0.717) is 44.2 Å². The Morgan fingerprint density at radius 2 is 1.04 bits per heavy atom. The SMILES string of the molecule is CC(C)C(=O)CCCCCCOCCOCCCC(=O)C(C)C. The monoisotopic (exact) mass is 328 g/mol. The minimum absolute atomic E-state index is 0.127. The lowest BCUT2D eigenvalue weighted by Gasteiger charge is -2.07. The fourth-order valence-corrected chi connectivity index (χ4v) is 2.10. The Morgan fingerprint density at radius 3 is 1.57 bits per heavy atom. The number of carbonyl (C=O) groups is 2. The van der Waals surface area contributed by atoms with Crippen LogP contribution in [0.3, 0.4) is 0 Å². The summed E-state index contributed by atoms with van der Waals surface area (Å²) in [5.41, 5.74) is 0. The van der Waals surface area contributed by atoms with Gasteiger partial charge in [-0.1, -0.05) is 40.5 Å². The van der Waals surface area contributed by atoms with Gasteiger partial charge in [0.2, 0.25) is 0 Å². The van der Waals surface area contributed by atoms with E-state index in [1.165, 1.54) is 0 Å². The Bertz CT molecular complexity index is 280. The van der Waals surface area contributed by atoms with E-state index in [9.17, 15) is 9.59 Å². The van der Waals surface area contributed by atoms with Gasteiger partial charge in [0, 0.05) is 37.9 Å². The maximum atomic E-state index is 11.4. The van der Waals surface area contributed by atoms with Gasteiger partial charge in [0.05, 0.1) is 13.2 Å². The summed E-state index contributed by atoms with van der Waals surface area (Å²) in [7, 11) is 0. The molecule has 0 saturated carbocycles. The molecule has 0 unspecified atom stereocenters. The van der Waals surface area contributed by atoms with Gasteiger partial charge in [0.1, 0.15) is 11.6 Å². The minimum Gasteiger partial charge on any atom is -0.379 e. The van der Waals surface area contributed by atoms with Crippen LogP contribution in [0.4, 0.5) is 0 Å². The van der Waals surface area contributed by atoms with E-state index in [1.807, 2.05) is 27.7 Å². The molecule has 0 saturated heterocycles. The largest absolute Gasteiger partial charge is 0.379 e. The summed E-state index contributed by atoms with van der Waals surface area (Å²) in [4.78, 5) is 22.8. The van der Waals surface area contributed by atoms with Gasteiger partial charge in [-0.15, -0.1) is 0 Å². The first kappa shape index (κ1) is 22.3. The Morgan fingerprint density at radius 1 is 0.609 bits per heavy atom. The van der Waals surface area contributed by atoms with Gasteiger partial charge >= 0.3 is 0 Å². The van der Waals surface area contributed by atoms with Crippen LogP contribution in [0.15, 0.2) is 0 Å². The number of rotatable bonds is 16. The van der Waals surface area contributed by atoms with Crippen LogP contribution in [0.25, 0.3) is 0 Å². The van der Waals surface area contributed by atoms with Gasteiger partial charge in [-0.05, 0) is 19.3 Å². The Kier molecular flexibility index (Phi) is 14.4. The fourth-order valence-electron chi connectivity index (χ4n) is 2.10. The lowest BCUT2D eigenvalue weighted by atomic mass is 10.0. The summed E-state index contributed by atoms with van der Waals surface area (Å²) in [6, 6.07) is 0. The molecule has 0 atom stereocenters. The van der Waals surface area contributed by atoms with Crippen molar-refractivity contribution in [2.24, 2.45) is 11.8 Å². The van der Waals surface area contributed by atoms with Crippen LogP contribution in [-0.4, -0.2) is 38.0 Å². The molecule has 0 aromatic heterocycles. The molecule has 0 aromatic rings. The molecule has 0 fully saturated rings. The second kappa shape index (κ2) is 14.8. The molecular weight excluding hydrogens is 292 g/mol. The Balaban J connectivity index is 3.17. The Hall–Kier alpha value is -0.740. The van der Waals surface area contributed by atoms with Crippen LogP contribution in [0.1, 0.15) is 72.6 Å². The number of Topliss-reactive ketones (excluding diaryl/α,β-unsaturated/α-hetero) is 2. The van der Waals surface area contributed by atoms with E-state index in [2.05, 4.69) is 0 Å². The van der Waals surface area contributed by atoms with Crippen molar-refractivity contribution in [3.63, 3.8) is 0 Å². The predicted octanol–water partition coefficient (Wildman–Crippen LogP) is 4.20. The summed E-state index contributed by atoms with van der Waals surface area (Å²) >= 11 is 0. The highest BCUT2D eigenvalue weighted by Gasteiger charge is 2.06. The second-order valence-electron chi connectivity index (χ2n) is 6.73. The number of ether oxygens (including phenoxy) is 2.